The van der Waals surface area contributed by atoms with Crippen molar-refractivity contribution in [3.8, 4) is 0 Å². The van der Waals surface area contributed by atoms with E-state index in [-0.39, 0.29) is 4.83 Å². The molecular formula is C9H11BrO. The van der Waals surface area contributed by atoms with Gasteiger partial charge in [0.15, 0.2) is 0 Å². The van der Waals surface area contributed by atoms with Crippen molar-refractivity contribution >= 4 is 15.9 Å². The number of halogens is 1. The maximum atomic E-state index is 9.55. The highest BCUT2D eigenvalue weighted by Gasteiger charge is 2.11. The van der Waals surface area contributed by atoms with Crippen molar-refractivity contribution in [2.75, 3.05) is 0 Å². The predicted octanol–water partition coefficient (Wildman–Crippen LogP) is 2.50. The van der Waals surface area contributed by atoms with E-state index in [1.165, 1.54) is 0 Å². The lowest BCUT2D eigenvalue weighted by atomic mass is 10.1. The number of benzene rings is 1. The Kier molecular flexibility index (Phi) is 3.09. The Morgan fingerprint density at radius 1 is 1.27 bits per heavy atom. The zero-order valence-corrected chi connectivity index (χ0v) is 7.95. The Morgan fingerprint density at radius 2 is 1.82 bits per heavy atom. The fourth-order valence-electron chi connectivity index (χ4n) is 0.915. The molecule has 0 aromatic heterocycles. The first-order valence-corrected chi connectivity index (χ1v) is 4.50. The Bertz CT molecular complexity index is 208. The number of hydrogen-bond acceptors (Lipinski definition) is 1. The van der Waals surface area contributed by atoms with Crippen LogP contribution in [0.3, 0.4) is 0 Å². The zero-order chi connectivity index (χ0) is 8.27. The van der Waals surface area contributed by atoms with Crippen LogP contribution in [0.1, 0.15) is 18.6 Å². The number of aliphatic hydroxyl groups is 1. The van der Waals surface area contributed by atoms with E-state index in [0.717, 1.165) is 5.56 Å². The van der Waals surface area contributed by atoms with E-state index in [0.29, 0.717) is 0 Å². The molecule has 0 aliphatic heterocycles. The van der Waals surface area contributed by atoms with Crippen LogP contribution in [0.4, 0.5) is 0 Å². The molecule has 0 amide bonds. The van der Waals surface area contributed by atoms with Crippen molar-refractivity contribution in [2.45, 2.75) is 17.9 Å². The molecule has 1 aromatic carbocycles. The number of hydrogen-bond donors (Lipinski definition) is 1. The van der Waals surface area contributed by atoms with Crippen LogP contribution < -0.4 is 0 Å². The number of alkyl halides is 1. The number of rotatable bonds is 2. The van der Waals surface area contributed by atoms with Crippen LogP contribution in [0.2, 0.25) is 0 Å². The van der Waals surface area contributed by atoms with Crippen molar-refractivity contribution in [1.29, 1.82) is 0 Å². The van der Waals surface area contributed by atoms with E-state index in [9.17, 15) is 5.11 Å². The van der Waals surface area contributed by atoms with Gasteiger partial charge in [0.25, 0.3) is 0 Å². The first kappa shape index (κ1) is 8.75. The summed E-state index contributed by atoms with van der Waals surface area (Å²) < 4.78 is 0. The molecule has 0 fully saturated rings. The van der Waals surface area contributed by atoms with Crippen molar-refractivity contribution < 1.29 is 5.11 Å². The smallest absolute Gasteiger partial charge is 0.0912 e. The minimum absolute atomic E-state index is 0.102. The van der Waals surface area contributed by atoms with Crippen LogP contribution in [-0.2, 0) is 0 Å². The fraction of sp³-hybridized carbons (Fsp3) is 0.333. The van der Waals surface area contributed by atoms with Gasteiger partial charge in [0.05, 0.1) is 6.10 Å². The minimum atomic E-state index is -0.406. The van der Waals surface area contributed by atoms with Crippen molar-refractivity contribution in [3.63, 3.8) is 0 Å². The normalized spacial score (nSPS) is 15.9. The van der Waals surface area contributed by atoms with Crippen LogP contribution in [0.15, 0.2) is 30.3 Å². The lowest BCUT2D eigenvalue weighted by Gasteiger charge is -2.12. The molecule has 2 atom stereocenters. The fourth-order valence-corrected chi connectivity index (χ4v) is 1.22. The molecule has 0 aliphatic rings. The molecule has 2 heteroatoms. The molecule has 0 radical (unpaired) electrons. The number of aliphatic hydroxyl groups excluding tert-OH is 1. The van der Waals surface area contributed by atoms with Crippen LogP contribution in [-0.4, -0.2) is 9.93 Å². The highest BCUT2D eigenvalue weighted by Crippen LogP contribution is 2.20. The monoisotopic (exact) mass is 214 g/mol. The molecule has 1 rings (SSSR count). The van der Waals surface area contributed by atoms with Gasteiger partial charge in [-0.25, -0.2) is 0 Å². The van der Waals surface area contributed by atoms with E-state index in [4.69, 9.17) is 0 Å². The summed E-state index contributed by atoms with van der Waals surface area (Å²) in [7, 11) is 0. The second-order valence-electron chi connectivity index (χ2n) is 2.53. The van der Waals surface area contributed by atoms with Gasteiger partial charge in [0.2, 0.25) is 0 Å². The average Bonchev–Trinajstić information content (AvgIpc) is 2.05. The Hall–Kier alpha value is -0.340. The van der Waals surface area contributed by atoms with Gasteiger partial charge in [0.1, 0.15) is 0 Å². The molecule has 0 heterocycles. The standard InChI is InChI=1S/C9H11BrO/c1-7(10)9(11)8-5-3-2-4-6-8/h2-7,9,11H,1H3/t7?,9-/m0/s1. The van der Waals surface area contributed by atoms with Gasteiger partial charge in [-0.15, -0.1) is 0 Å². The molecule has 1 unspecified atom stereocenters. The molecular weight excluding hydrogens is 204 g/mol. The predicted molar refractivity (Wildman–Crippen MR) is 49.8 cm³/mol. The van der Waals surface area contributed by atoms with Crippen molar-refractivity contribution in [2.24, 2.45) is 0 Å². The van der Waals surface area contributed by atoms with Crippen LogP contribution in [0, 0.1) is 0 Å². The van der Waals surface area contributed by atoms with Crippen molar-refractivity contribution in [1.82, 2.24) is 0 Å². The second kappa shape index (κ2) is 3.88. The van der Waals surface area contributed by atoms with Gasteiger partial charge in [-0.05, 0) is 12.5 Å². The third kappa shape index (κ3) is 2.31. The highest BCUT2D eigenvalue weighted by atomic mass is 79.9. The van der Waals surface area contributed by atoms with Gasteiger partial charge >= 0.3 is 0 Å². The Morgan fingerprint density at radius 3 is 2.27 bits per heavy atom. The molecule has 0 spiro atoms. The molecule has 1 aromatic rings. The minimum Gasteiger partial charge on any atom is -0.387 e. The van der Waals surface area contributed by atoms with Crippen LogP contribution >= 0.6 is 15.9 Å². The molecule has 60 valence electrons. The summed E-state index contributed by atoms with van der Waals surface area (Å²) >= 11 is 3.33. The molecule has 0 saturated carbocycles. The first-order chi connectivity index (χ1) is 5.22. The summed E-state index contributed by atoms with van der Waals surface area (Å²) in [5, 5.41) is 9.55. The van der Waals surface area contributed by atoms with Gasteiger partial charge < -0.3 is 5.11 Å². The maximum absolute atomic E-state index is 9.55. The van der Waals surface area contributed by atoms with E-state index in [2.05, 4.69) is 15.9 Å². The van der Waals surface area contributed by atoms with Crippen LogP contribution in [0.25, 0.3) is 0 Å². The van der Waals surface area contributed by atoms with E-state index in [1.807, 2.05) is 37.3 Å². The van der Waals surface area contributed by atoms with Crippen LogP contribution in [0.5, 0.6) is 0 Å². The first-order valence-electron chi connectivity index (χ1n) is 3.59. The molecule has 1 nitrogen and oxygen atoms in total. The molecule has 0 bridgehead atoms. The summed E-state index contributed by atoms with van der Waals surface area (Å²) in [5.74, 6) is 0. The van der Waals surface area contributed by atoms with Gasteiger partial charge in [0, 0.05) is 4.83 Å². The second-order valence-corrected chi connectivity index (χ2v) is 3.98. The molecule has 0 aliphatic carbocycles. The SMILES string of the molecule is CC(Br)[C@H](O)c1ccccc1. The summed E-state index contributed by atoms with van der Waals surface area (Å²) in [6.07, 6.45) is -0.406. The maximum Gasteiger partial charge on any atom is 0.0912 e. The topological polar surface area (TPSA) is 20.2 Å². The lowest BCUT2D eigenvalue weighted by Crippen LogP contribution is -2.06. The third-order valence-corrected chi connectivity index (χ3v) is 2.08. The van der Waals surface area contributed by atoms with E-state index in [1.54, 1.807) is 0 Å². The van der Waals surface area contributed by atoms with Gasteiger partial charge in [-0.2, -0.15) is 0 Å². The summed E-state index contributed by atoms with van der Waals surface area (Å²) in [6, 6.07) is 9.63. The highest BCUT2D eigenvalue weighted by molar-refractivity contribution is 9.09. The van der Waals surface area contributed by atoms with Crippen molar-refractivity contribution in [3.05, 3.63) is 35.9 Å². The lowest BCUT2D eigenvalue weighted by molar-refractivity contribution is 0.181. The zero-order valence-electron chi connectivity index (χ0n) is 6.37. The summed E-state index contributed by atoms with van der Waals surface area (Å²) in [4.78, 5) is 0.102. The molecule has 1 N–H and O–H groups in total. The van der Waals surface area contributed by atoms with Gasteiger partial charge in [-0.3, -0.25) is 0 Å². The summed E-state index contributed by atoms with van der Waals surface area (Å²) in [5.41, 5.74) is 0.955. The van der Waals surface area contributed by atoms with E-state index >= 15 is 0 Å². The van der Waals surface area contributed by atoms with E-state index < -0.39 is 6.10 Å². The summed E-state index contributed by atoms with van der Waals surface area (Å²) in [6.45, 7) is 1.93. The quantitative estimate of drug-likeness (QED) is 0.751. The average molecular weight is 215 g/mol. The third-order valence-electron chi connectivity index (χ3n) is 1.58. The van der Waals surface area contributed by atoms with Gasteiger partial charge in [-0.1, -0.05) is 46.3 Å². The molecule has 0 saturated heterocycles. The largest absolute Gasteiger partial charge is 0.387 e. The molecule has 11 heavy (non-hydrogen) atoms. The Labute approximate surface area is 75.2 Å². The Balaban J connectivity index is 2.77.